The maximum atomic E-state index is 5.88. The Hall–Kier alpha value is -1.06. The fraction of sp³-hybridized carbons (Fsp3) is 0.647. The van der Waals surface area contributed by atoms with Crippen LogP contribution in [0.3, 0.4) is 0 Å². The molecule has 0 aliphatic carbocycles. The van der Waals surface area contributed by atoms with Crippen LogP contribution in [0.4, 0.5) is 0 Å². The van der Waals surface area contributed by atoms with E-state index in [-0.39, 0.29) is 6.10 Å². The molecule has 2 atom stereocenters. The molecule has 0 fully saturated rings. The number of hydrogen-bond donors (Lipinski definition) is 1. The first-order chi connectivity index (χ1) is 9.65. The minimum absolute atomic E-state index is 0.241. The maximum Gasteiger partial charge on any atom is 0.122 e. The zero-order chi connectivity index (χ0) is 15.0. The van der Waals surface area contributed by atoms with E-state index in [1.54, 1.807) is 7.11 Å². The molecule has 0 saturated heterocycles. The summed E-state index contributed by atoms with van der Waals surface area (Å²) in [5, 5.41) is 3.56. The van der Waals surface area contributed by atoms with Crippen LogP contribution in [0, 0.1) is 6.92 Å². The molecule has 0 spiro atoms. The van der Waals surface area contributed by atoms with Crippen molar-refractivity contribution in [2.24, 2.45) is 0 Å². The van der Waals surface area contributed by atoms with Crippen molar-refractivity contribution < 1.29 is 9.47 Å². The Morgan fingerprint density at radius 1 is 1.20 bits per heavy atom. The van der Waals surface area contributed by atoms with Crippen LogP contribution in [0.25, 0.3) is 0 Å². The molecular formula is C17H29NO2. The van der Waals surface area contributed by atoms with E-state index in [1.165, 1.54) is 11.1 Å². The normalized spacial score (nSPS) is 14.1. The molecule has 0 bridgehead atoms. The van der Waals surface area contributed by atoms with Crippen LogP contribution in [0.2, 0.25) is 0 Å². The predicted molar refractivity (Wildman–Crippen MR) is 84.6 cm³/mol. The van der Waals surface area contributed by atoms with E-state index in [4.69, 9.17) is 9.47 Å². The standard InChI is InChI=1S/C17H29NO2/c1-6-16(20-8-3)15(18-7-2)12-14-11-13(4)9-10-17(14)19-5/h9-11,15-16,18H,6-8,12H2,1-5H3. The summed E-state index contributed by atoms with van der Waals surface area (Å²) in [4.78, 5) is 0. The van der Waals surface area contributed by atoms with Crippen LogP contribution in [-0.2, 0) is 11.2 Å². The van der Waals surface area contributed by atoms with Crippen LogP contribution >= 0.6 is 0 Å². The van der Waals surface area contributed by atoms with Crippen LogP contribution < -0.4 is 10.1 Å². The van der Waals surface area contributed by atoms with E-state index in [1.807, 2.05) is 0 Å². The highest BCUT2D eigenvalue weighted by molar-refractivity contribution is 5.37. The van der Waals surface area contributed by atoms with Crippen molar-refractivity contribution in [2.75, 3.05) is 20.3 Å². The molecule has 0 saturated carbocycles. The summed E-state index contributed by atoms with van der Waals surface area (Å²) in [5.74, 6) is 0.963. The maximum absolute atomic E-state index is 5.88. The summed E-state index contributed by atoms with van der Waals surface area (Å²) < 4.78 is 11.4. The predicted octanol–water partition coefficient (Wildman–Crippen LogP) is 3.34. The molecule has 2 unspecified atom stereocenters. The van der Waals surface area contributed by atoms with Gasteiger partial charge in [-0.25, -0.2) is 0 Å². The molecule has 1 aromatic rings. The number of benzene rings is 1. The molecule has 0 radical (unpaired) electrons. The number of hydrogen-bond acceptors (Lipinski definition) is 3. The van der Waals surface area contributed by atoms with Crippen molar-refractivity contribution in [2.45, 2.75) is 52.7 Å². The van der Waals surface area contributed by atoms with Crippen LogP contribution in [0.5, 0.6) is 5.75 Å². The van der Waals surface area contributed by atoms with Crippen LogP contribution in [0.15, 0.2) is 18.2 Å². The molecule has 0 heterocycles. The third-order valence-electron chi connectivity index (χ3n) is 3.57. The van der Waals surface area contributed by atoms with Gasteiger partial charge in [0, 0.05) is 12.6 Å². The Labute approximate surface area is 123 Å². The summed E-state index contributed by atoms with van der Waals surface area (Å²) in [6.45, 7) is 10.2. The minimum Gasteiger partial charge on any atom is -0.496 e. The Morgan fingerprint density at radius 2 is 1.95 bits per heavy atom. The highest BCUT2D eigenvalue weighted by Crippen LogP contribution is 2.23. The lowest BCUT2D eigenvalue weighted by Gasteiger charge is -2.27. The molecule has 0 amide bonds. The first-order valence-corrected chi connectivity index (χ1v) is 7.64. The molecule has 0 aromatic heterocycles. The Bertz CT molecular complexity index is 393. The van der Waals surface area contributed by atoms with Gasteiger partial charge in [0.25, 0.3) is 0 Å². The van der Waals surface area contributed by atoms with Gasteiger partial charge in [-0.1, -0.05) is 31.5 Å². The van der Waals surface area contributed by atoms with E-state index in [0.29, 0.717) is 6.04 Å². The minimum atomic E-state index is 0.241. The monoisotopic (exact) mass is 279 g/mol. The molecule has 1 aromatic carbocycles. The lowest BCUT2D eigenvalue weighted by atomic mass is 9.97. The SMILES string of the molecule is CCNC(Cc1cc(C)ccc1OC)C(CC)OCC. The van der Waals surface area contributed by atoms with Crippen molar-refractivity contribution in [1.82, 2.24) is 5.32 Å². The topological polar surface area (TPSA) is 30.5 Å². The van der Waals surface area contributed by atoms with Gasteiger partial charge in [0.2, 0.25) is 0 Å². The fourth-order valence-corrected chi connectivity index (χ4v) is 2.63. The quantitative estimate of drug-likeness (QED) is 0.752. The average molecular weight is 279 g/mol. The Kier molecular flexibility index (Phi) is 7.63. The molecular weight excluding hydrogens is 250 g/mol. The van der Waals surface area contributed by atoms with Gasteiger partial charge in [-0.2, -0.15) is 0 Å². The smallest absolute Gasteiger partial charge is 0.122 e. The van der Waals surface area contributed by atoms with Gasteiger partial charge in [-0.3, -0.25) is 0 Å². The highest BCUT2D eigenvalue weighted by Gasteiger charge is 2.21. The van der Waals surface area contributed by atoms with Gasteiger partial charge in [0.1, 0.15) is 5.75 Å². The third-order valence-corrected chi connectivity index (χ3v) is 3.57. The van der Waals surface area contributed by atoms with E-state index in [2.05, 4.69) is 51.2 Å². The second-order valence-corrected chi connectivity index (χ2v) is 5.09. The number of ether oxygens (including phenoxy) is 2. The largest absolute Gasteiger partial charge is 0.496 e. The summed E-state index contributed by atoms with van der Waals surface area (Å²) in [5.41, 5.74) is 2.51. The molecule has 3 nitrogen and oxygen atoms in total. The first kappa shape index (κ1) is 17.0. The van der Waals surface area contributed by atoms with Crippen LogP contribution in [-0.4, -0.2) is 32.4 Å². The average Bonchev–Trinajstić information content (AvgIpc) is 2.44. The summed E-state index contributed by atoms with van der Waals surface area (Å²) in [7, 11) is 1.73. The number of aryl methyl sites for hydroxylation is 1. The molecule has 20 heavy (non-hydrogen) atoms. The number of methoxy groups -OCH3 is 1. The van der Waals surface area contributed by atoms with Crippen molar-refractivity contribution in [3.8, 4) is 5.75 Å². The van der Waals surface area contributed by atoms with E-state index >= 15 is 0 Å². The van der Waals surface area contributed by atoms with Crippen molar-refractivity contribution in [1.29, 1.82) is 0 Å². The molecule has 0 aliphatic heterocycles. The van der Waals surface area contributed by atoms with Crippen LogP contribution in [0.1, 0.15) is 38.3 Å². The Balaban J connectivity index is 2.91. The van der Waals surface area contributed by atoms with Gasteiger partial charge < -0.3 is 14.8 Å². The number of likely N-dealkylation sites (N-methyl/N-ethyl adjacent to an activating group) is 1. The number of nitrogens with one attached hydrogen (secondary N) is 1. The second kappa shape index (κ2) is 8.98. The lowest BCUT2D eigenvalue weighted by molar-refractivity contribution is 0.0322. The highest BCUT2D eigenvalue weighted by atomic mass is 16.5. The van der Waals surface area contributed by atoms with Gasteiger partial charge in [-0.15, -0.1) is 0 Å². The molecule has 114 valence electrons. The summed E-state index contributed by atoms with van der Waals surface area (Å²) in [6.07, 6.45) is 2.18. The summed E-state index contributed by atoms with van der Waals surface area (Å²) >= 11 is 0. The van der Waals surface area contributed by atoms with E-state index < -0.39 is 0 Å². The second-order valence-electron chi connectivity index (χ2n) is 5.09. The van der Waals surface area contributed by atoms with Crippen molar-refractivity contribution in [3.63, 3.8) is 0 Å². The molecule has 3 heteroatoms. The zero-order valence-corrected chi connectivity index (χ0v) is 13.5. The third kappa shape index (κ3) is 4.80. The van der Waals surface area contributed by atoms with Gasteiger partial charge in [0.05, 0.1) is 13.2 Å². The van der Waals surface area contributed by atoms with Crippen molar-refractivity contribution >= 4 is 0 Å². The van der Waals surface area contributed by atoms with Crippen molar-refractivity contribution in [3.05, 3.63) is 29.3 Å². The van der Waals surface area contributed by atoms with E-state index in [0.717, 1.165) is 31.7 Å². The molecule has 1 rings (SSSR count). The van der Waals surface area contributed by atoms with Gasteiger partial charge >= 0.3 is 0 Å². The molecule has 1 N–H and O–H groups in total. The molecule has 0 aliphatic rings. The zero-order valence-electron chi connectivity index (χ0n) is 13.5. The lowest BCUT2D eigenvalue weighted by Crippen LogP contribution is -2.42. The van der Waals surface area contributed by atoms with E-state index in [9.17, 15) is 0 Å². The Morgan fingerprint density at radius 3 is 2.50 bits per heavy atom. The summed E-state index contributed by atoms with van der Waals surface area (Å²) in [6, 6.07) is 6.67. The fourth-order valence-electron chi connectivity index (χ4n) is 2.63. The van der Waals surface area contributed by atoms with Gasteiger partial charge in [-0.05, 0) is 44.9 Å². The van der Waals surface area contributed by atoms with Gasteiger partial charge in [0.15, 0.2) is 0 Å². The number of rotatable bonds is 9. The first-order valence-electron chi connectivity index (χ1n) is 7.64.